The van der Waals surface area contributed by atoms with Crippen LogP contribution in [0.15, 0.2) is 24.5 Å². The molecule has 2 aromatic rings. The maximum Gasteiger partial charge on any atom is 0.189 e. The number of rotatable bonds is 4. The topological polar surface area (TPSA) is 34.6 Å². The van der Waals surface area contributed by atoms with Crippen LogP contribution in [-0.4, -0.2) is 23.7 Å². The van der Waals surface area contributed by atoms with E-state index in [1.165, 1.54) is 12.1 Å². The standard InChI is InChI=1S/C16H15F3N2O2/c1-21(7-13-14(18)4-20-5-15(13)19)6-10-2-12(17)3-11-8-22-9-23-16(10)11/h2-5H,6-9H2,1H3. The van der Waals surface area contributed by atoms with Gasteiger partial charge < -0.3 is 9.47 Å². The minimum atomic E-state index is -0.706. The highest BCUT2D eigenvalue weighted by atomic mass is 19.1. The molecule has 0 atom stereocenters. The van der Waals surface area contributed by atoms with Crippen molar-refractivity contribution in [2.45, 2.75) is 19.7 Å². The SMILES string of the molecule is CN(Cc1cc(F)cc2c1OCOC2)Cc1c(F)cncc1F. The van der Waals surface area contributed by atoms with Gasteiger partial charge in [0.15, 0.2) is 6.79 Å². The van der Waals surface area contributed by atoms with Crippen LogP contribution in [0.25, 0.3) is 0 Å². The first-order valence-electron chi connectivity index (χ1n) is 7.03. The van der Waals surface area contributed by atoms with Gasteiger partial charge in [0, 0.05) is 29.8 Å². The second-order valence-electron chi connectivity index (χ2n) is 5.42. The Morgan fingerprint density at radius 3 is 2.61 bits per heavy atom. The molecule has 0 spiro atoms. The molecular formula is C16H15F3N2O2. The third-order valence-electron chi connectivity index (χ3n) is 3.57. The van der Waals surface area contributed by atoms with E-state index in [0.29, 0.717) is 16.9 Å². The van der Waals surface area contributed by atoms with Gasteiger partial charge in [-0.2, -0.15) is 0 Å². The molecule has 1 aliphatic rings. The molecule has 0 saturated carbocycles. The third kappa shape index (κ3) is 3.46. The molecule has 0 amide bonds. The highest BCUT2D eigenvalue weighted by molar-refractivity contribution is 5.42. The second kappa shape index (κ2) is 6.55. The number of hydrogen-bond acceptors (Lipinski definition) is 4. The molecule has 0 unspecified atom stereocenters. The monoisotopic (exact) mass is 324 g/mol. The van der Waals surface area contributed by atoms with Gasteiger partial charge in [0.25, 0.3) is 0 Å². The molecule has 122 valence electrons. The van der Waals surface area contributed by atoms with Crippen LogP contribution in [0.4, 0.5) is 13.2 Å². The van der Waals surface area contributed by atoms with E-state index in [1.54, 1.807) is 11.9 Å². The molecule has 7 heteroatoms. The number of nitrogens with zero attached hydrogens (tertiary/aromatic N) is 2. The van der Waals surface area contributed by atoms with Crippen molar-refractivity contribution in [1.29, 1.82) is 0 Å². The average Bonchev–Trinajstić information content (AvgIpc) is 2.51. The Bertz CT molecular complexity index is 704. The maximum absolute atomic E-state index is 13.7. The van der Waals surface area contributed by atoms with Crippen molar-refractivity contribution in [3.63, 3.8) is 0 Å². The van der Waals surface area contributed by atoms with Crippen molar-refractivity contribution in [2.75, 3.05) is 13.8 Å². The van der Waals surface area contributed by atoms with Crippen LogP contribution >= 0.6 is 0 Å². The molecule has 23 heavy (non-hydrogen) atoms. The van der Waals surface area contributed by atoms with E-state index in [0.717, 1.165) is 12.4 Å². The first-order chi connectivity index (χ1) is 11.0. The fraction of sp³-hybridized carbons (Fsp3) is 0.312. The molecule has 0 bridgehead atoms. The molecule has 3 rings (SSSR count). The summed E-state index contributed by atoms with van der Waals surface area (Å²) in [4.78, 5) is 5.13. The highest BCUT2D eigenvalue weighted by Gasteiger charge is 2.19. The smallest absolute Gasteiger partial charge is 0.189 e. The van der Waals surface area contributed by atoms with Crippen molar-refractivity contribution >= 4 is 0 Å². The van der Waals surface area contributed by atoms with Gasteiger partial charge in [-0.05, 0) is 19.2 Å². The lowest BCUT2D eigenvalue weighted by Crippen LogP contribution is -2.21. The quantitative estimate of drug-likeness (QED) is 0.866. The largest absolute Gasteiger partial charge is 0.467 e. The Labute approximate surface area is 131 Å². The van der Waals surface area contributed by atoms with E-state index in [4.69, 9.17) is 9.47 Å². The summed E-state index contributed by atoms with van der Waals surface area (Å²) in [6, 6.07) is 2.72. The summed E-state index contributed by atoms with van der Waals surface area (Å²) in [6.45, 7) is 0.684. The van der Waals surface area contributed by atoms with Crippen LogP contribution in [0, 0.1) is 17.5 Å². The second-order valence-corrected chi connectivity index (χ2v) is 5.42. The number of fused-ring (bicyclic) bond motifs is 1. The minimum absolute atomic E-state index is 0.0297. The fourth-order valence-electron chi connectivity index (χ4n) is 2.58. The van der Waals surface area contributed by atoms with Crippen molar-refractivity contribution in [1.82, 2.24) is 9.88 Å². The van der Waals surface area contributed by atoms with Gasteiger partial charge in [-0.15, -0.1) is 0 Å². The van der Waals surface area contributed by atoms with Gasteiger partial charge in [0.1, 0.15) is 23.2 Å². The average molecular weight is 324 g/mol. The molecule has 1 aromatic heterocycles. The van der Waals surface area contributed by atoms with E-state index in [1.807, 2.05) is 0 Å². The summed E-state index contributed by atoms with van der Waals surface area (Å²) >= 11 is 0. The van der Waals surface area contributed by atoms with Crippen LogP contribution in [0.3, 0.4) is 0 Å². The first-order valence-corrected chi connectivity index (χ1v) is 7.03. The zero-order valence-electron chi connectivity index (χ0n) is 12.5. The Balaban J connectivity index is 1.81. The molecular weight excluding hydrogens is 309 g/mol. The molecule has 0 radical (unpaired) electrons. The van der Waals surface area contributed by atoms with Gasteiger partial charge in [-0.1, -0.05) is 0 Å². The third-order valence-corrected chi connectivity index (χ3v) is 3.57. The van der Waals surface area contributed by atoms with Crippen molar-refractivity contribution < 1.29 is 22.6 Å². The molecule has 1 aliphatic heterocycles. The number of halogens is 3. The van der Waals surface area contributed by atoms with Crippen LogP contribution in [0.1, 0.15) is 16.7 Å². The minimum Gasteiger partial charge on any atom is -0.467 e. The zero-order chi connectivity index (χ0) is 16.4. The first kappa shape index (κ1) is 15.8. The lowest BCUT2D eigenvalue weighted by molar-refractivity contribution is -0.0176. The maximum atomic E-state index is 13.7. The summed E-state index contributed by atoms with van der Waals surface area (Å²) in [5.41, 5.74) is 1.17. The molecule has 2 heterocycles. The molecule has 0 N–H and O–H groups in total. The van der Waals surface area contributed by atoms with Crippen LogP contribution in [0.2, 0.25) is 0 Å². The van der Waals surface area contributed by atoms with Gasteiger partial charge in [0.2, 0.25) is 0 Å². The number of hydrogen-bond donors (Lipinski definition) is 0. The molecule has 1 aromatic carbocycles. The number of aromatic nitrogens is 1. The van der Waals surface area contributed by atoms with Gasteiger partial charge in [0.05, 0.1) is 19.0 Å². The van der Waals surface area contributed by atoms with Crippen molar-refractivity contribution in [3.8, 4) is 5.75 Å². The normalized spacial score (nSPS) is 13.8. The highest BCUT2D eigenvalue weighted by Crippen LogP contribution is 2.30. The lowest BCUT2D eigenvalue weighted by Gasteiger charge is -2.24. The number of ether oxygens (including phenoxy) is 2. The van der Waals surface area contributed by atoms with E-state index in [2.05, 4.69) is 4.98 Å². The zero-order valence-corrected chi connectivity index (χ0v) is 12.5. The van der Waals surface area contributed by atoms with Crippen molar-refractivity contribution in [3.05, 3.63) is 58.7 Å². The summed E-state index contributed by atoms with van der Waals surface area (Å²) < 4.78 is 51.6. The Hall–Kier alpha value is -2.12. The van der Waals surface area contributed by atoms with Gasteiger partial charge >= 0.3 is 0 Å². The van der Waals surface area contributed by atoms with Crippen LogP contribution in [-0.2, 0) is 24.4 Å². The lowest BCUT2D eigenvalue weighted by atomic mass is 10.1. The molecule has 0 fully saturated rings. The van der Waals surface area contributed by atoms with Crippen LogP contribution < -0.4 is 4.74 Å². The van der Waals surface area contributed by atoms with E-state index in [9.17, 15) is 13.2 Å². The number of benzene rings is 1. The molecule has 4 nitrogen and oxygen atoms in total. The Morgan fingerprint density at radius 2 is 1.87 bits per heavy atom. The molecule has 0 aliphatic carbocycles. The van der Waals surface area contributed by atoms with Crippen molar-refractivity contribution in [2.24, 2.45) is 0 Å². The summed E-state index contributed by atoms with van der Waals surface area (Å²) in [7, 11) is 1.69. The summed E-state index contributed by atoms with van der Waals surface area (Å²) in [6.07, 6.45) is 1.94. The summed E-state index contributed by atoms with van der Waals surface area (Å²) in [5.74, 6) is -1.24. The predicted molar refractivity (Wildman–Crippen MR) is 76.0 cm³/mol. The van der Waals surface area contributed by atoms with Crippen LogP contribution in [0.5, 0.6) is 5.75 Å². The summed E-state index contributed by atoms with van der Waals surface area (Å²) in [5, 5.41) is 0. The van der Waals surface area contributed by atoms with Gasteiger partial charge in [-0.3, -0.25) is 9.88 Å². The van der Waals surface area contributed by atoms with E-state index in [-0.39, 0.29) is 32.1 Å². The van der Waals surface area contributed by atoms with E-state index >= 15 is 0 Å². The fourth-order valence-corrected chi connectivity index (χ4v) is 2.58. The van der Waals surface area contributed by atoms with Gasteiger partial charge in [-0.25, -0.2) is 13.2 Å². The van der Waals surface area contributed by atoms with E-state index < -0.39 is 17.5 Å². The molecule has 0 saturated heterocycles. The predicted octanol–water partition coefficient (Wildman–Crippen LogP) is 3.00. The Morgan fingerprint density at radius 1 is 1.13 bits per heavy atom. The number of pyridine rings is 1. The Kier molecular flexibility index (Phi) is 4.49.